The molecule has 0 N–H and O–H groups in total. The van der Waals surface area contributed by atoms with Crippen LogP contribution in [0.25, 0.3) is 11.0 Å². The van der Waals surface area contributed by atoms with Crippen molar-refractivity contribution in [2.75, 3.05) is 27.4 Å². The minimum Gasteiger partial charge on any atom is -0.497 e. The van der Waals surface area contributed by atoms with Crippen LogP contribution in [0.1, 0.15) is 34.1 Å². The summed E-state index contributed by atoms with van der Waals surface area (Å²) in [6.45, 7) is 0.975. The van der Waals surface area contributed by atoms with Crippen LogP contribution in [0.5, 0.6) is 5.75 Å². The molecule has 6 heteroatoms. The number of carbonyl (C=O) groups excluding carboxylic acids is 1. The first-order valence-electron chi connectivity index (χ1n) is 9.15. The number of fused-ring (bicyclic) bond motifs is 2. The lowest BCUT2D eigenvalue weighted by atomic mass is 9.98. The summed E-state index contributed by atoms with van der Waals surface area (Å²) in [6.07, 6.45) is 0.657. The minimum atomic E-state index is -0.518. The average molecular weight is 379 g/mol. The zero-order valence-corrected chi connectivity index (χ0v) is 15.8. The van der Waals surface area contributed by atoms with Gasteiger partial charge in [0.1, 0.15) is 11.3 Å². The predicted molar refractivity (Wildman–Crippen MR) is 105 cm³/mol. The van der Waals surface area contributed by atoms with Gasteiger partial charge in [0.15, 0.2) is 5.43 Å². The van der Waals surface area contributed by atoms with E-state index in [4.69, 9.17) is 13.9 Å². The van der Waals surface area contributed by atoms with Gasteiger partial charge in [0.05, 0.1) is 24.1 Å². The van der Waals surface area contributed by atoms with E-state index in [-0.39, 0.29) is 17.1 Å². The molecule has 1 amide bonds. The molecule has 0 spiro atoms. The van der Waals surface area contributed by atoms with Crippen LogP contribution in [0.3, 0.4) is 0 Å². The summed E-state index contributed by atoms with van der Waals surface area (Å²) >= 11 is 0. The highest BCUT2D eigenvalue weighted by Crippen LogP contribution is 2.39. The van der Waals surface area contributed by atoms with Gasteiger partial charge >= 0.3 is 0 Å². The molecule has 3 aromatic rings. The van der Waals surface area contributed by atoms with E-state index in [0.717, 1.165) is 5.56 Å². The molecule has 0 saturated heterocycles. The molecular weight excluding hydrogens is 358 g/mol. The predicted octanol–water partition coefficient (Wildman–Crippen LogP) is 3.38. The number of ether oxygens (including phenoxy) is 2. The Kier molecular flexibility index (Phi) is 4.88. The minimum absolute atomic E-state index is 0.119. The van der Waals surface area contributed by atoms with Crippen LogP contribution >= 0.6 is 0 Å². The van der Waals surface area contributed by atoms with Gasteiger partial charge in [-0.3, -0.25) is 9.59 Å². The standard InChI is InChI=1S/C22H21NO5/c1-26-12-6-11-23-19(14-7-5-8-15(13-14)27-2)18-20(24)16-9-3-4-10-17(16)28-21(18)22(23)25/h3-5,7-10,13,19H,6,11-12H2,1-2H3. The maximum absolute atomic E-state index is 13.3. The van der Waals surface area contributed by atoms with Gasteiger partial charge in [0.25, 0.3) is 5.91 Å². The van der Waals surface area contributed by atoms with Crippen LogP contribution in [0, 0.1) is 0 Å². The molecule has 0 radical (unpaired) electrons. The highest BCUT2D eigenvalue weighted by atomic mass is 16.5. The number of rotatable bonds is 6. The Labute approximate surface area is 162 Å². The van der Waals surface area contributed by atoms with Gasteiger partial charge in [-0.25, -0.2) is 0 Å². The van der Waals surface area contributed by atoms with Crippen molar-refractivity contribution >= 4 is 16.9 Å². The molecule has 2 heterocycles. The Morgan fingerprint density at radius 3 is 2.68 bits per heavy atom. The molecule has 2 aromatic carbocycles. The summed E-state index contributed by atoms with van der Waals surface area (Å²) in [7, 11) is 3.21. The smallest absolute Gasteiger partial charge is 0.290 e. The summed E-state index contributed by atoms with van der Waals surface area (Å²) in [4.78, 5) is 28.1. The van der Waals surface area contributed by atoms with Crippen LogP contribution in [0.15, 0.2) is 57.7 Å². The molecule has 1 aliphatic rings. The van der Waals surface area contributed by atoms with E-state index in [1.807, 2.05) is 24.3 Å². The summed E-state index contributed by atoms with van der Waals surface area (Å²) < 4.78 is 16.4. The Bertz CT molecular complexity index is 1090. The van der Waals surface area contributed by atoms with E-state index in [0.29, 0.717) is 41.9 Å². The van der Waals surface area contributed by atoms with E-state index >= 15 is 0 Å². The third-order valence-corrected chi connectivity index (χ3v) is 5.03. The Morgan fingerprint density at radius 2 is 1.89 bits per heavy atom. The first-order valence-corrected chi connectivity index (χ1v) is 9.15. The lowest BCUT2D eigenvalue weighted by Gasteiger charge is -2.25. The average Bonchev–Trinajstić information content (AvgIpc) is 3.01. The molecule has 1 unspecified atom stereocenters. The molecule has 1 atom stereocenters. The van der Waals surface area contributed by atoms with Gasteiger partial charge in [-0.1, -0.05) is 24.3 Å². The fourth-order valence-corrected chi connectivity index (χ4v) is 3.74. The van der Waals surface area contributed by atoms with Gasteiger partial charge in [0.2, 0.25) is 5.76 Å². The number of amides is 1. The summed E-state index contributed by atoms with van der Waals surface area (Å²) in [6, 6.07) is 13.9. The topological polar surface area (TPSA) is 69.0 Å². The van der Waals surface area contributed by atoms with Crippen molar-refractivity contribution in [2.24, 2.45) is 0 Å². The van der Waals surface area contributed by atoms with E-state index in [1.165, 1.54) is 0 Å². The molecule has 0 bridgehead atoms. The van der Waals surface area contributed by atoms with E-state index in [2.05, 4.69) is 0 Å². The van der Waals surface area contributed by atoms with Crippen molar-refractivity contribution in [3.05, 3.63) is 75.6 Å². The molecule has 4 rings (SSSR count). The Morgan fingerprint density at radius 1 is 1.07 bits per heavy atom. The number of nitrogens with zero attached hydrogens (tertiary/aromatic N) is 1. The van der Waals surface area contributed by atoms with Gasteiger partial charge in [-0.05, 0) is 36.2 Å². The number of para-hydroxylation sites is 1. The Balaban J connectivity index is 1.91. The van der Waals surface area contributed by atoms with Crippen LogP contribution in [-0.4, -0.2) is 38.2 Å². The molecule has 28 heavy (non-hydrogen) atoms. The third kappa shape index (κ3) is 2.96. The van der Waals surface area contributed by atoms with Crippen LogP contribution < -0.4 is 10.2 Å². The van der Waals surface area contributed by atoms with Crippen molar-refractivity contribution in [3.63, 3.8) is 0 Å². The number of hydrogen-bond donors (Lipinski definition) is 0. The van der Waals surface area contributed by atoms with Gasteiger partial charge in [-0.15, -0.1) is 0 Å². The zero-order valence-electron chi connectivity index (χ0n) is 15.8. The first kappa shape index (κ1) is 18.3. The van der Waals surface area contributed by atoms with Crippen LogP contribution in [0.2, 0.25) is 0 Å². The second-order valence-electron chi connectivity index (χ2n) is 6.69. The molecule has 0 fully saturated rings. The van der Waals surface area contributed by atoms with Crippen molar-refractivity contribution in [2.45, 2.75) is 12.5 Å². The van der Waals surface area contributed by atoms with E-state index in [9.17, 15) is 9.59 Å². The van der Waals surface area contributed by atoms with Crippen LogP contribution in [0.4, 0.5) is 0 Å². The molecule has 0 saturated carbocycles. The molecule has 1 aromatic heterocycles. The van der Waals surface area contributed by atoms with Crippen molar-refractivity contribution in [3.8, 4) is 5.75 Å². The SMILES string of the molecule is COCCCN1C(=O)c2oc3ccccc3c(=O)c2C1c1cccc(OC)c1. The molecule has 144 valence electrons. The fraction of sp³-hybridized carbons (Fsp3) is 0.273. The van der Waals surface area contributed by atoms with Gasteiger partial charge in [0, 0.05) is 20.3 Å². The second-order valence-corrected chi connectivity index (χ2v) is 6.69. The second kappa shape index (κ2) is 7.48. The lowest BCUT2D eigenvalue weighted by molar-refractivity contribution is 0.0707. The van der Waals surface area contributed by atoms with Gasteiger partial charge < -0.3 is 18.8 Å². The number of methoxy groups -OCH3 is 2. The maximum atomic E-state index is 13.3. The highest BCUT2D eigenvalue weighted by molar-refractivity contribution is 5.99. The highest BCUT2D eigenvalue weighted by Gasteiger charge is 2.42. The van der Waals surface area contributed by atoms with Crippen molar-refractivity contribution < 1.29 is 18.7 Å². The normalized spacial score (nSPS) is 15.9. The number of carbonyl (C=O) groups is 1. The number of benzene rings is 2. The summed E-state index contributed by atoms with van der Waals surface area (Å²) in [5.41, 5.74) is 1.44. The lowest BCUT2D eigenvalue weighted by Crippen LogP contribution is -2.31. The van der Waals surface area contributed by atoms with Crippen molar-refractivity contribution in [1.29, 1.82) is 0 Å². The van der Waals surface area contributed by atoms with E-state index < -0.39 is 6.04 Å². The quantitative estimate of drug-likeness (QED) is 0.614. The Hall–Kier alpha value is -3.12. The fourth-order valence-electron chi connectivity index (χ4n) is 3.74. The largest absolute Gasteiger partial charge is 0.497 e. The first-order chi connectivity index (χ1) is 13.7. The zero-order chi connectivity index (χ0) is 19.7. The maximum Gasteiger partial charge on any atom is 0.290 e. The molecule has 0 aliphatic carbocycles. The molecule has 1 aliphatic heterocycles. The van der Waals surface area contributed by atoms with Gasteiger partial charge in [-0.2, -0.15) is 0 Å². The van der Waals surface area contributed by atoms with Crippen molar-refractivity contribution in [1.82, 2.24) is 4.90 Å². The molecular formula is C22H21NO5. The van der Waals surface area contributed by atoms with E-state index in [1.54, 1.807) is 43.4 Å². The van der Waals surface area contributed by atoms with Crippen LogP contribution in [-0.2, 0) is 4.74 Å². The molecule has 6 nitrogen and oxygen atoms in total. The number of hydrogen-bond acceptors (Lipinski definition) is 5. The summed E-state index contributed by atoms with van der Waals surface area (Å²) in [5.74, 6) is 0.510. The monoisotopic (exact) mass is 379 g/mol. The summed E-state index contributed by atoms with van der Waals surface area (Å²) in [5, 5.41) is 0.473. The third-order valence-electron chi connectivity index (χ3n) is 5.03.